The molecular weight excluding hydrogens is 228 g/mol. The third-order valence-corrected chi connectivity index (χ3v) is 2.92. The summed E-state index contributed by atoms with van der Waals surface area (Å²) in [5, 5.41) is 9.83. The van der Waals surface area contributed by atoms with Gasteiger partial charge in [0.25, 0.3) is 0 Å². The van der Waals surface area contributed by atoms with E-state index in [0.29, 0.717) is 5.56 Å². The van der Waals surface area contributed by atoms with Gasteiger partial charge in [0.15, 0.2) is 0 Å². The summed E-state index contributed by atoms with van der Waals surface area (Å²) in [5.41, 5.74) is 2.90. The van der Waals surface area contributed by atoms with Gasteiger partial charge < -0.3 is 4.98 Å². The first-order valence-corrected chi connectivity index (χ1v) is 4.69. The van der Waals surface area contributed by atoms with Crippen LogP contribution < -0.4 is 0 Å². The molecule has 1 N–H and O–H groups in total. The Labute approximate surface area is 84.3 Å². The van der Waals surface area contributed by atoms with E-state index in [1.165, 1.54) is 0 Å². The molecule has 0 saturated heterocycles. The summed E-state index contributed by atoms with van der Waals surface area (Å²) in [6, 6.07) is 7.75. The second kappa shape index (κ2) is 2.90. The number of nitrogens with zero attached hydrogens (tertiary/aromatic N) is 1. The van der Waals surface area contributed by atoms with Crippen molar-refractivity contribution in [3.05, 3.63) is 33.9 Å². The molecule has 2 rings (SSSR count). The fourth-order valence-electron chi connectivity index (χ4n) is 1.36. The van der Waals surface area contributed by atoms with E-state index in [4.69, 9.17) is 5.26 Å². The fourth-order valence-corrected chi connectivity index (χ4v) is 1.79. The van der Waals surface area contributed by atoms with E-state index >= 15 is 0 Å². The molecule has 0 radical (unpaired) electrons. The lowest BCUT2D eigenvalue weighted by Crippen LogP contribution is -1.74. The van der Waals surface area contributed by atoms with Crippen LogP contribution in [0, 0.1) is 18.3 Å². The summed E-state index contributed by atoms with van der Waals surface area (Å²) in [6.45, 7) is 2.02. The predicted octanol–water partition coefficient (Wildman–Crippen LogP) is 3.11. The number of fused-ring (bicyclic) bond motifs is 1. The van der Waals surface area contributed by atoms with Gasteiger partial charge in [-0.05, 0) is 46.6 Å². The number of aromatic nitrogens is 1. The molecule has 1 heterocycles. The summed E-state index contributed by atoms with van der Waals surface area (Å²) < 4.78 is 0.984. The molecule has 0 aliphatic carbocycles. The summed E-state index contributed by atoms with van der Waals surface area (Å²) in [7, 11) is 0. The molecule has 0 saturated carbocycles. The van der Waals surface area contributed by atoms with Gasteiger partial charge in [0, 0.05) is 10.9 Å². The maximum Gasteiger partial charge on any atom is 0.0991 e. The molecule has 13 heavy (non-hydrogen) atoms. The van der Waals surface area contributed by atoms with Crippen molar-refractivity contribution in [3.8, 4) is 6.07 Å². The van der Waals surface area contributed by atoms with Crippen molar-refractivity contribution in [2.24, 2.45) is 0 Å². The van der Waals surface area contributed by atoms with Crippen molar-refractivity contribution < 1.29 is 0 Å². The zero-order valence-electron chi connectivity index (χ0n) is 7.06. The van der Waals surface area contributed by atoms with Crippen LogP contribution in [0.5, 0.6) is 0 Å². The first kappa shape index (κ1) is 8.33. The highest BCUT2D eigenvalue weighted by Gasteiger charge is 2.04. The van der Waals surface area contributed by atoms with Gasteiger partial charge in [-0.1, -0.05) is 0 Å². The van der Waals surface area contributed by atoms with E-state index in [2.05, 4.69) is 27.0 Å². The van der Waals surface area contributed by atoms with Crippen LogP contribution >= 0.6 is 15.9 Å². The number of hydrogen-bond donors (Lipinski definition) is 1. The summed E-state index contributed by atoms with van der Waals surface area (Å²) in [4.78, 5) is 3.19. The monoisotopic (exact) mass is 234 g/mol. The number of benzene rings is 1. The Balaban J connectivity index is 2.84. The number of aryl methyl sites for hydroxylation is 1. The predicted molar refractivity (Wildman–Crippen MR) is 55.5 cm³/mol. The largest absolute Gasteiger partial charge is 0.349 e. The van der Waals surface area contributed by atoms with Gasteiger partial charge >= 0.3 is 0 Å². The number of H-pyrrole nitrogens is 1. The summed E-state index contributed by atoms with van der Waals surface area (Å²) in [5.74, 6) is 0. The number of rotatable bonds is 0. The molecule has 64 valence electrons. The van der Waals surface area contributed by atoms with E-state index in [-0.39, 0.29) is 0 Å². The van der Waals surface area contributed by atoms with Crippen molar-refractivity contribution >= 4 is 26.8 Å². The fraction of sp³-hybridized carbons (Fsp3) is 0.100. The van der Waals surface area contributed by atoms with Gasteiger partial charge in [-0.3, -0.25) is 0 Å². The maximum absolute atomic E-state index is 8.72. The Bertz CT molecular complexity index is 505. The van der Waals surface area contributed by atoms with Crippen molar-refractivity contribution in [1.82, 2.24) is 4.98 Å². The maximum atomic E-state index is 8.72. The van der Waals surface area contributed by atoms with Crippen LogP contribution in [0.3, 0.4) is 0 Å². The van der Waals surface area contributed by atoms with Crippen LogP contribution in [-0.4, -0.2) is 4.98 Å². The van der Waals surface area contributed by atoms with Crippen LogP contribution in [0.15, 0.2) is 22.8 Å². The number of aromatic amines is 1. The second-order valence-electron chi connectivity index (χ2n) is 2.94. The molecule has 1 aromatic heterocycles. The highest BCUT2D eigenvalue weighted by atomic mass is 79.9. The SMILES string of the molecule is Cc1c(Br)[nH]c2ccc(C#N)cc12. The third kappa shape index (κ3) is 1.24. The molecule has 2 aromatic rings. The highest BCUT2D eigenvalue weighted by Crippen LogP contribution is 2.25. The first-order valence-electron chi connectivity index (χ1n) is 3.90. The van der Waals surface area contributed by atoms with Crippen molar-refractivity contribution in [1.29, 1.82) is 5.26 Å². The molecule has 0 atom stereocenters. The van der Waals surface area contributed by atoms with Crippen LogP contribution in [0.2, 0.25) is 0 Å². The minimum Gasteiger partial charge on any atom is -0.349 e. The van der Waals surface area contributed by atoms with Crippen LogP contribution in [-0.2, 0) is 0 Å². The van der Waals surface area contributed by atoms with Crippen molar-refractivity contribution in [2.75, 3.05) is 0 Å². The average Bonchev–Trinajstić information content (AvgIpc) is 2.43. The normalized spacial score (nSPS) is 10.2. The minimum atomic E-state index is 0.696. The Hall–Kier alpha value is -1.27. The van der Waals surface area contributed by atoms with Crippen molar-refractivity contribution in [2.45, 2.75) is 6.92 Å². The number of hydrogen-bond acceptors (Lipinski definition) is 1. The Kier molecular flexibility index (Phi) is 1.86. The molecular formula is C10H7BrN2. The molecule has 0 spiro atoms. The smallest absolute Gasteiger partial charge is 0.0991 e. The van der Waals surface area contributed by atoms with E-state index in [1.807, 2.05) is 25.1 Å². The molecule has 2 nitrogen and oxygen atoms in total. The van der Waals surface area contributed by atoms with Gasteiger partial charge in [-0.2, -0.15) is 5.26 Å². The van der Waals surface area contributed by atoms with Crippen LogP contribution in [0.4, 0.5) is 0 Å². The van der Waals surface area contributed by atoms with E-state index in [1.54, 1.807) is 0 Å². The van der Waals surface area contributed by atoms with E-state index in [0.717, 1.165) is 21.1 Å². The Morgan fingerprint density at radius 2 is 2.23 bits per heavy atom. The average molecular weight is 235 g/mol. The second-order valence-corrected chi connectivity index (χ2v) is 3.73. The van der Waals surface area contributed by atoms with Gasteiger partial charge in [-0.25, -0.2) is 0 Å². The molecule has 0 bridgehead atoms. The third-order valence-electron chi connectivity index (χ3n) is 2.13. The number of halogens is 1. The summed E-state index contributed by atoms with van der Waals surface area (Å²) in [6.07, 6.45) is 0. The standard InChI is InChI=1S/C10H7BrN2/c1-6-8-4-7(5-12)2-3-9(8)13-10(6)11/h2-4,13H,1H3. The molecule has 0 amide bonds. The molecule has 1 aromatic carbocycles. The van der Waals surface area contributed by atoms with Gasteiger partial charge in [-0.15, -0.1) is 0 Å². The number of nitriles is 1. The van der Waals surface area contributed by atoms with Crippen LogP contribution in [0.25, 0.3) is 10.9 Å². The lowest BCUT2D eigenvalue weighted by molar-refractivity contribution is 1.36. The van der Waals surface area contributed by atoms with Crippen molar-refractivity contribution in [3.63, 3.8) is 0 Å². The summed E-state index contributed by atoms with van der Waals surface area (Å²) >= 11 is 3.42. The Morgan fingerprint density at radius 3 is 2.92 bits per heavy atom. The van der Waals surface area contributed by atoms with E-state index in [9.17, 15) is 0 Å². The zero-order valence-corrected chi connectivity index (χ0v) is 8.64. The minimum absolute atomic E-state index is 0.696. The highest BCUT2D eigenvalue weighted by molar-refractivity contribution is 9.10. The van der Waals surface area contributed by atoms with Gasteiger partial charge in [0.05, 0.1) is 16.2 Å². The lowest BCUT2D eigenvalue weighted by Gasteiger charge is -1.91. The molecule has 3 heteroatoms. The molecule has 0 aliphatic rings. The van der Waals surface area contributed by atoms with Crippen LogP contribution in [0.1, 0.15) is 11.1 Å². The topological polar surface area (TPSA) is 39.6 Å². The first-order chi connectivity index (χ1) is 6.22. The van der Waals surface area contributed by atoms with E-state index < -0.39 is 0 Å². The lowest BCUT2D eigenvalue weighted by atomic mass is 10.1. The quantitative estimate of drug-likeness (QED) is 0.748. The van der Waals surface area contributed by atoms with Gasteiger partial charge in [0.1, 0.15) is 0 Å². The number of nitrogens with one attached hydrogen (secondary N) is 1. The molecule has 0 fully saturated rings. The zero-order chi connectivity index (χ0) is 9.42. The Morgan fingerprint density at radius 1 is 1.46 bits per heavy atom. The molecule has 0 unspecified atom stereocenters. The van der Waals surface area contributed by atoms with Gasteiger partial charge in [0.2, 0.25) is 0 Å². The molecule has 0 aliphatic heterocycles.